The second kappa shape index (κ2) is 10.3. The number of amides is 1. The van der Waals surface area contributed by atoms with E-state index in [4.69, 9.17) is 26.8 Å². The van der Waals surface area contributed by atoms with Crippen molar-refractivity contribution in [2.24, 2.45) is 0 Å². The molecule has 0 atom stereocenters. The van der Waals surface area contributed by atoms with Gasteiger partial charge >= 0.3 is 0 Å². The Balaban J connectivity index is 1.75. The molecular formula is C25H25N3O3S2. The third-order valence-corrected chi connectivity index (χ3v) is 6.72. The molecule has 0 unspecified atom stereocenters. The fourth-order valence-corrected chi connectivity index (χ4v) is 4.94. The van der Waals surface area contributed by atoms with Gasteiger partial charge in [-0.05, 0) is 55.3 Å². The molecule has 2 aromatic carbocycles. The van der Waals surface area contributed by atoms with E-state index < -0.39 is 0 Å². The number of aromatic nitrogens is 2. The molecule has 1 fully saturated rings. The Labute approximate surface area is 203 Å². The first-order valence-electron chi connectivity index (χ1n) is 10.6. The molecule has 0 N–H and O–H groups in total. The molecule has 1 aliphatic rings. The minimum Gasteiger partial charge on any atom is -0.497 e. The molecule has 1 amide bonds. The van der Waals surface area contributed by atoms with Crippen LogP contribution in [0.2, 0.25) is 0 Å². The number of para-hydroxylation sites is 1. The van der Waals surface area contributed by atoms with Crippen LogP contribution in [0.4, 0.5) is 0 Å². The summed E-state index contributed by atoms with van der Waals surface area (Å²) in [6.07, 6.45) is 4.57. The maximum atomic E-state index is 13.1. The van der Waals surface area contributed by atoms with Gasteiger partial charge in [0.1, 0.15) is 15.8 Å². The number of thiocarbonyl (C=S) groups is 1. The van der Waals surface area contributed by atoms with Crippen molar-refractivity contribution in [1.82, 2.24) is 14.7 Å². The van der Waals surface area contributed by atoms with Crippen LogP contribution in [0.1, 0.15) is 17.5 Å². The highest BCUT2D eigenvalue weighted by atomic mass is 32.2. The first-order chi connectivity index (χ1) is 16.0. The molecule has 0 radical (unpaired) electrons. The van der Waals surface area contributed by atoms with E-state index >= 15 is 0 Å². The van der Waals surface area contributed by atoms with Gasteiger partial charge in [0.25, 0.3) is 5.91 Å². The predicted molar refractivity (Wildman–Crippen MR) is 137 cm³/mol. The number of benzene rings is 2. The summed E-state index contributed by atoms with van der Waals surface area (Å²) in [6, 6.07) is 15.8. The van der Waals surface area contributed by atoms with Crippen molar-refractivity contribution in [3.8, 4) is 22.7 Å². The van der Waals surface area contributed by atoms with Crippen molar-refractivity contribution in [1.29, 1.82) is 0 Å². The maximum Gasteiger partial charge on any atom is 0.266 e. The van der Waals surface area contributed by atoms with Gasteiger partial charge in [-0.3, -0.25) is 9.69 Å². The molecule has 0 aliphatic carbocycles. The van der Waals surface area contributed by atoms with Gasteiger partial charge in [0.2, 0.25) is 0 Å². The predicted octanol–water partition coefficient (Wildman–Crippen LogP) is 5.09. The fourth-order valence-electron chi connectivity index (χ4n) is 3.65. The van der Waals surface area contributed by atoms with Gasteiger partial charge in [-0.15, -0.1) is 0 Å². The van der Waals surface area contributed by atoms with Gasteiger partial charge in [-0.2, -0.15) is 5.10 Å². The second-order valence-corrected chi connectivity index (χ2v) is 9.25. The minimum atomic E-state index is -0.0778. The molecule has 170 valence electrons. The molecule has 1 saturated heterocycles. The molecule has 0 spiro atoms. The highest BCUT2D eigenvalue weighted by Crippen LogP contribution is 2.36. The SMILES string of the molecule is COCCCN1C(=O)/C(=C/c2cn(-c3ccccc3)nc2-c2ccc(OC)cc2C)SC1=S. The van der Waals surface area contributed by atoms with Crippen LogP contribution in [0.5, 0.6) is 5.75 Å². The number of hydrogen-bond acceptors (Lipinski definition) is 6. The Hall–Kier alpha value is -2.94. The lowest BCUT2D eigenvalue weighted by Gasteiger charge is -2.13. The van der Waals surface area contributed by atoms with Gasteiger partial charge in [0.05, 0.1) is 17.7 Å². The van der Waals surface area contributed by atoms with Crippen LogP contribution in [0.3, 0.4) is 0 Å². The topological polar surface area (TPSA) is 56.6 Å². The Morgan fingerprint density at radius 1 is 1.15 bits per heavy atom. The van der Waals surface area contributed by atoms with E-state index in [0.717, 1.165) is 40.2 Å². The zero-order chi connectivity index (χ0) is 23.4. The third kappa shape index (κ3) is 5.03. The van der Waals surface area contributed by atoms with Gasteiger partial charge in [0.15, 0.2) is 0 Å². The molecule has 2 heterocycles. The standard InChI is InChI=1S/C25H25N3O3S2/c1-17-14-20(31-3)10-11-21(17)23-18(16-28(26-23)19-8-5-4-6-9-19)15-22-24(29)27(25(32)33-22)12-7-13-30-2/h4-6,8-11,14-16H,7,12-13H2,1-3H3/b22-15-. The number of aryl methyl sites for hydroxylation is 1. The molecule has 0 saturated carbocycles. The molecule has 1 aromatic heterocycles. The van der Waals surface area contributed by atoms with E-state index in [2.05, 4.69) is 0 Å². The molecule has 33 heavy (non-hydrogen) atoms. The fraction of sp³-hybridized carbons (Fsp3) is 0.240. The summed E-state index contributed by atoms with van der Waals surface area (Å²) < 4.78 is 12.9. The summed E-state index contributed by atoms with van der Waals surface area (Å²) >= 11 is 6.79. The Bertz CT molecular complexity index is 1200. The average Bonchev–Trinajstić information content (AvgIpc) is 3.36. The van der Waals surface area contributed by atoms with Crippen molar-refractivity contribution in [3.63, 3.8) is 0 Å². The zero-order valence-corrected chi connectivity index (χ0v) is 20.4. The number of carbonyl (C=O) groups excluding carboxylic acids is 1. The van der Waals surface area contributed by atoms with Crippen molar-refractivity contribution >= 4 is 40.3 Å². The largest absolute Gasteiger partial charge is 0.497 e. The second-order valence-electron chi connectivity index (χ2n) is 7.57. The number of thioether (sulfide) groups is 1. The maximum absolute atomic E-state index is 13.1. The molecular weight excluding hydrogens is 454 g/mol. The lowest BCUT2D eigenvalue weighted by atomic mass is 10.0. The Morgan fingerprint density at radius 3 is 2.64 bits per heavy atom. The molecule has 0 bridgehead atoms. The number of hydrogen-bond donors (Lipinski definition) is 0. The summed E-state index contributed by atoms with van der Waals surface area (Å²) in [5.41, 5.74) is 4.60. The number of ether oxygens (including phenoxy) is 2. The summed E-state index contributed by atoms with van der Waals surface area (Å²) in [7, 11) is 3.30. The van der Waals surface area contributed by atoms with Gasteiger partial charge in [-0.25, -0.2) is 4.68 Å². The van der Waals surface area contributed by atoms with Crippen LogP contribution < -0.4 is 4.74 Å². The normalized spacial score (nSPS) is 15.0. The third-order valence-electron chi connectivity index (χ3n) is 5.34. The lowest BCUT2D eigenvalue weighted by molar-refractivity contribution is -0.122. The smallest absolute Gasteiger partial charge is 0.266 e. The molecule has 3 aromatic rings. The highest BCUT2D eigenvalue weighted by molar-refractivity contribution is 8.26. The van der Waals surface area contributed by atoms with Gasteiger partial charge in [0, 0.05) is 37.6 Å². The van der Waals surface area contributed by atoms with Crippen LogP contribution in [-0.4, -0.2) is 52.3 Å². The number of carbonyl (C=O) groups is 1. The number of rotatable bonds is 8. The van der Waals surface area contributed by atoms with Crippen molar-refractivity contribution in [2.75, 3.05) is 27.4 Å². The van der Waals surface area contributed by atoms with E-state index in [1.165, 1.54) is 11.8 Å². The van der Waals surface area contributed by atoms with Gasteiger partial charge in [-0.1, -0.05) is 42.2 Å². The van der Waals surface area contributed by atoms with Gasteiger partial charge < -0.3 is 9.47 Å². The van der Waals surface area contributed by atoms with Crippen LogP contribution in [-0.2, 0) is 9.53 Å². The minimum absolute atomic E-state index is 0.0778. The molecule has 6 nitrogen and oxygen atoms in total. The Morgan fingerprint density at radius 2 is 1.94 bits per heavy atom. The van der Waals surface area contributed by atoms with Crippen LogP contribution in [0.15, 0.2) is 59.6 Å². The van der Waals surface area contributed by atoms with E-state index in [0.29, 0.717) is 22.4 Å². The molecule has 4 rings (SSSR count). The van der Waals surface area contributed by atoms with Crippen LogP contribution in [0.25, 0.3) is 23.0 Å². The quantitative estimate of drug-likeness (QED) is 0.255. The lowest BCUT2D eigenvalue weighted by Crippen LogP contribution is -2.29. The van der Waals surface area contributed by atoms with Crippen molar-refractivity contribution in [2.45, 2.75) is 13.3 Å². The van der Waals surface area contributed by atoms with Crippen LogP contribution in [0, 0.1) is 6.92 Å². The highest BCUT2D eigenvalue weighted by Gasteiger charge is 2.32. The van der Waals surface area contributed by atoms with E-state index in [9.17, 15) is 4.79 Å². The van der Waals surface area contributed by atoms with E-state index in [1.807, 2.05) is 72.4 Å². The Kier molecular flexibility index (Phi) is 7.27. The summed E-state index contributed by atoms with van der Waals surface area (Å²) in [5, 5.41) is 4.88. The first kappa shape index (κ1) is 23.2. The van der Waals surface area contributed by atoms with Crippen molar-refractivity contribution < 1.29 is 14.3 Å². The summed E-state index contributed by atoms with van der Waals surface area (Å²) in [6.45, 7) is 3.16. The zero-order valence-electron chi connectivity index (χ0n) is 18.8. The monoisotopic (exact) mass is 479 g/mol. The number of methoxy groups -OCH3 is 2. The molecule has 1 aliphatic heterocycles. The average molecular weight is 480 g/mol. The first-order valence-corrected chi connectivity index (χ1v) is 11.8. The number of nitrogens with zero attached hydrogens (tertiary/aromatic N) is 3. The van der Waals surface area contributed by atoms with E-state index in [-0.39, 0.29) is 5.91 Å². The van der Waals surface area contributed by atoms with Crippen molar-refractivity contribution in [3.05, 3.63) is 70.8 Å². The van der Waals surface area contributed by atoms with Crippen LogP contribution >= 0.6 is 24.0 Å². The molecule has 8 heteroatoms. The summed E-state index contributed by atoms with van der Waals surface area (Å²) in [4.78, 5) is 15.3. The van der Waals surface area contributed by atoms with E-state index in [1.54, 1.807) is 19.1 Å². The summed E-state index contributed by atoms with van der Waals surface area (Å²) in [5.74, 6) is 0.711.